The van der Waals surface area contributed by atoms with E-state index < -0.39 is 0 Å². The van der Waals surface area contributed by atoms with Gasteiger partial charge in [-0.2, -0.15) is 0 Å². The third-order valence-electron chi connectivity index (χ3n) is 4.57. The van der Waals surface area contributed by atoms with Gasteiger partial charge >= 0.3 is 0 Å². The molecule has 0 aliphatic carbocycles. The fraction of sp³-hybridized carbons (Fsp3) is 0.688. The van der Waals surface area contributed by atoms with E-state index >= 15 is 0 Å². The van der Waals surface area contributed by atoms with E-state index in [2.05, 4.69) is 18.4 Å². The summed E-state index contributed by atoms with van der Waals surface area (Å²) in [5, 5.41) is 9.52. The van der Waals surface area contributed by atoms with Gasteiger partial charge < -0.3 is 14.6 Å². The van der Waals surface area contributed by atoms with Crippen LogP contribution in [0, 0.1) is 19.3 Å². The summed E-state index contributed by atoms with van der Waals surface area (Å²) in [7, 11) is 0. The molecule has 1 saturated heterocycles. The maximum atomic E-state index is 12.7. The second kappa shape index (κ2) is 5.60. The van der Waals surface area contributed by atoms with Crippen LogP contribution in [0.25, 0.3) is 0 Å². The lowest BCUT2D eigenvalue weighted by molar-refractivity contribution is 0.0357. The number of aromatic nitrogens is 1. The minimum absolute atomic E-state index is 0.108. The van der Waals surface area contributed by atoms with Gasteiger partial charge in [-0.15, -0.1) is 0 Å². The van der Waals surface area contributed by atoms with Crippen molar-refractivity contribution in [2.75, 3.05) is 19.7 Å². The average molecular weight is 278 g/mol. The quantitative estimate of drug-likeness (QED) is 0.922. The van der Waals surface area contributed by atoms with Crippen molar-refractivity contribution in [2.45, 2.75) is 47.1 Å². The molecule has 1 aliphatic heterocycles. The predicted molar refractivity (Wildman–Crippen MR) is 79.9 cm³/mol. The highest BCUT2D eigenvalue weighted by Crippen LogP contribution is 2.30. The molecule has 0 saturated carbocycles. The number of hydrogen-bond acceptors (Lipinski definition) is 2. The van der Waals surface area contributed by atoms with Crippen LogP contribution in [-0.2, 0) is 6.54 Å². The number of aliphatic hydroxyl groups excluding tert-OH is 1. The Balaban J connectivity index is 2.23. The zero-order chi connectivity index (χ0) is 14.9. The lowest BCUT2D eigenvalue weighted by Crippen LogP contribution is -2.46. The van der Waals surface area contributed by atoms with Gasteiger partial charge in [0, 0.05) is 36.4 Å². The summed E-state index contributed by atoms with van der Waals surface area (Å²) in [5.41, 5.74) is 2.84. The fourth-order valence-corrected chi connectivity index (χ4v) is 3.29. The maximum Gasteiger partial charge on any atom is 0.255 e. The van der Waals surface area contributed by atoms with Crippen LogP contribution in [0.1, 0.15) is 48.4 Å². The SMILES string of the molecule is CCn1c(C)cc(C(=O)N2CCCC(C)(CO)C2)c1C. The summed E-state index contributed by atoms with van der Waals surface area (Å²) >= 11 is 0. The Hall–Kier alpha value is -1.29. The number of aliphatic hydroxyl groups is 1. The van der Waals surface area contributed by atoms with Crippen molar-refractivity contribution in [1.82, 2.24) is 9.47 Å². The van der Waals surface area contributed by atoms with Crippen molar-refractivity contribution < 1.29 is 9.90 Å². The van der Waals surface area contributed by atoms with Crippen molar-refractivity contribution in [3.05, 3.63) is 23.0 Å². The van der Waals surface area contributed by atoms with Gasteiger partial charge in [-0.25, -0.2) is 0 Å². The Morgan fingerprint density at radius 1 is 1.45 bits per heavy atom. The van der Waals surface area contributed by atoms with Gasteiger partial charge in [0.1, 0.15) is 0 Å². The summed E-state index contributed by atoms with van der Waals surface area (Å²) in [5.74, 6) is 0.108. The number of piperidine rings is 1. The van der Waals surface area contributed by atoms with Crippen molar-refractivity contribution in [3.63, 3.8) is 0 Å². The Morgan fingerprint density at radius 3 is 2.70 bits per heavy atom. The number of amides is 1. The number of carbonyl (C=O) groups excluding carboxylic acids is 1. The minimum atomic E-state index is -0.149. The highest BCUT2D eigenvalue weighted by atomic mass is 16.3. The first kappa shape index (κ1) is 15.1. The first-order chi connectivity index (χ1) is 9.41. The van der Waals surface area contributed by atoms with E-state index in [1.165, 1.54) is 0 Å². The van der Waals surface area contributed by atoms with Gasteiger partial charge in [0.2, 0.25) is 0 Å². The smallest absolute Gasteiger partial charge is 0.255 e. The number of rotatable bonds is 3. The number of hydrogen-bond donors (Lipinski definition) is 1. The summed E-state index contributed by atoms with van der Waals surface area (Å²) in [6, 6.07) is 1.99. The number of aryl methyl sites for hydroxylation is 1. The molecule has 1 amide bonds. The van der Waals surface area contributed by atoms with Gasteiger partial charge in [0.05, 0.1) is 12.2 Å². The molecule has 0 bridgehead atoms. The third kappa shape index (κ3) is 2.62. The van der Waals surface area contributed by atoms with Crippen LogP contribution in [0.5, 0.6) is 0 Å². The Bertz CT molecular complexity index is 507. The van der Waals surface area contributed by atoms with Crippen LogP contribution in [0.4, 0.5) is 0 Å². The molecule has 1 N–H and O–H groups in total. The summed E-state index contributed by atoms with van der Waals surface area (Å²) in [4.78, 5) is 14.6. The molecule has 1 atom stereocenters. The van der Waals surface area contributed by atoms with Crippen LogP contribution < -0.4 is 0 Å². The second-order valence-corrected chi connectivity index (χ2v) is 6.33. The number of nitrogens with zero attached hydrogens (tertiary/aromatic N) is 2. The molecule has 1 unspecified atom stereocenters. The monoisotopic (exact) mass is 278 g/mol. The molecule has 2 rings (SSSR count). The van der Waals surface area contributed by atoms with Crippen molar-refractivity contribution in [1.29, 1.82) is 0 Å². The van der Waals surface area contributed by atoms with Gasteiger partial charge in [-0.1, -0.05) is 6.92 Å². The third-order valence-corrected chi connectivity index (χ3v) is 4.57. The summed E-state index contributed by atoms with van der Waals surface area (Å²) in [6.45, 7) is 10.7. The van der Waals surface area contributed by atoms with E-state index in [1.54, 1.807) is 0 Å². The molecule has 0 spiro atoms. The normalized spacial score (nSPS) is 23.1. The standard InChI is InChI=1S/C16H26N2O2/c1-5-18-12(2)9-14(13(18)3)15(20)17-8-6-7-16(4,10-17)11-19/h9,19H,5-8,10-11H2,1-4H3. The van der Waals surface area contributed by atoms with E-state index in [4.69, 9.17) is 0 Å². The predicted octanol–water partition coefficient (Wildman–Crippen LogP) is 2.36. The molecule has 0 radical (unpaired) electrons. The zero-order valence-corrected chi connectivity index (χ0v) is 13.1. The fourth-order valence-electron chi connectivity index (χ4n) is 3.29. The maximum absolute atomic E-state index is 12.7. The van der Waals surface area contributed by atoms with Crippen LogP contribution in [-0.4, -0.2) is 40.2 Å². The molecule has 1 fully saturated rings. The van der Waals surface area contributed by atoms with E-state index in [1.807, 2.05) is 24.8 Å². The molecule has 4 nitrogen and oxygen atoms in total. The summed E-state index contributed by atoms with van der Waals surface area (Å²) < 4.78 is 2.17. The molecule has 2 heterocycles. The number of carbonyl (C=O) groups is 1. The van der Waals surface area contributed by atoms with Gasteiger partial charge in [0.25, 0.3) is 5.91 Å². The van der Waals surface area contributed by atoms with Gasteiger partial charge in [0.15, 0.2) is 0 Å². The van der Waals surface area contributed by atoms with Crippen LogP contribution in [0.3, 0.4) is 0 Å². The molecular weight excluding hydrogens is 252 g/mol. The lowest BCUT2D eigenvalue weighted by Gasteiger charge is -2.39. The molecule has 1 aromatic rings. The Kier molecular flexibility index (Phi) is 4.23. The van der Waals surface area contributed by atoms with E-state index in [9.17, 15) is 9.90 Å². The highest BCUT2D eigenvalue weighted by molar-refractivity contribution is 5.95. The zero-order valence-electron chi connectivity index (χ0n) is 13.1. The topological polar surface area (TPSA) is 45.5 Å². The average Bonchev–Trinajstić information content (AvgIpc) is 2.72. The minimum Gasteiger partial charge on any atom is -0.396 e. The Labute approximate surface area is 121 Å². The molecule has 0 aromatic carbocycles. The van der Waals surface area contributed by atoms with E-state index in [0.717, 1.165) is 42.9 Å². The van der Waals surface area contributed by atoms with Crippen LogP contribution in [0.15, 0.2) is 6.07 Å². The van der Waals surface area contributed by atoms with Crippen molar-refractivity contribution in [3.8, 4) is 0 Å². The lowest BCUT2D eigenvalue weighted by atomic mass is 9.82. The van der Waals surface area contributed by atoms with Crippen LogP contribution in [0.2, 0.25) is 0 Å². The van der Waals surface area contributed by atoms with Gasteiger partial charge in [-0.05, 0) is 39.7 Å². The largest absolute Gasteiger partial charge is 0.396 e. The molecule has 4 heteroatoms. The molecular formula is C16H26N2O2. The highest BCUT2D eigenvalue weighted by Gasteiger charge is 2.33. The summed E-state index contributed by atoms with van der Waals surface area (Å²) in [6.07, 6.45) is 1.95. The van der Waals surface area contributed by atoms with E-state index in [-0.39, 0.29) is 17.9 Å². The second-order valence-electron chi connectivity index (χ2n) is 6.33. The van der Waals surface area contributed by atoms with Gasteiger partial charge in [-0.3, -0.25) is 4.79 Å². The first-order valence-corrected chi connectivity index (χ1v) is 7.48. The molecule has 20 heavy (non-hydrogen) atoms. The molecule has 1 aliphatic rings. The Morgan fingerprint density at radius 2 is 2.15 bits per heavy atom. The van der Waals surface area contributed by atoms with Crippen molar-refractivity contribution >= 4 is 5.91 Å². The first-order valence-electron chi connectivity index (χ1n) is 7.48. The van der Waals surface area contributed by atoms with Crippen LogP contribution >= 0.6 is 0 Å². The molecule has 112 valence electrons. The van der Waals surface area contributed by atoms with Crippen molar-refractivity contribution in [2.24, 2.45) is 5.41 Å². The van der Waals surface area contributed by atoms with E-state index in [0.29, 0.717) is 6.54 Å². The number of likely N-dealkylation sites (tertiary alicyclic amines) is 1. The molecule has 1 aromatic heterocycles.